The lowest BCUT2D eigenvalue weighted by atomic mass is 10.1. The van der Waals surface area contributed by atoms with Crippen LogP contribution in [0.4, 0.5) is 17.1 Å². The van der Waals surface area contributed by atoms with Gasteiger partial charge in [0.2, 0.25) is 5.78 Å². The highest BCUT2D eigenvalue weighted by atomic mass is 16.4. The lowest BCUT2D eigenvalue weighted by Gasteiger charge is -2.21. The number of carbonyl (C=O) groups excluding carboxylic acids is 2. The first-order chi connectivity index (χ1) is 26.1. The predicted octanol–water partition coefficient (Wildman–Crippen LogP) is 8.84. The molecule has 0 amide bonds. The van der Waals surface area contributed by atoms with Gasteiger partial charge in [0.05, 0.1) is 6.26 Å². The molecule has 10 nitrogen and oxygen atoms in total. The molecule has 3 aromatic carbocycles. The monoisotopic (exact) mass is 729 g/mol. The number of fused-ring (bicyclic) bond motifs is 2. The average molecular weight is 730 g/mol. The van der Waals surface area contributed by atoms with E-state index in [0.29, 0.717) is 16.6 Å². The third-order valence-corrected chi connectivity index (χ3v) is 9.40. The van der Waals surface area contributed by atoms with E-state index in [2.05, 4.69) is 56.2 Å². The molecule has 3 aromatic heterocycles. The Hall–Kier alpha value is -6.16. The van der Waals surface area contributed by atoms with Crippen molar-refractivity contribution in [3.63, 3.8) is 0 Å². The molecule has 10 heteroatoms. The molecule has 0 bridgehead atoms. The molecule has 0 aliphatic rings. The molecule has 0 aliphatic carbocycles. The summed E-state index contributed by atoms with van der Waals surface area (Å²) >= 11 is 0. The minimum Gasteiger partial charge on any atom is -0.461 e. The van der Waals surface area contributed by atoms with Crippen LogP contribution in [0.3, 0.4) is 0 Å². The molecule has 0 spiro atoms. The molecule has 0 saturated heterocycles. The van der Waals surface area contributed by atoms with Crippen molar-refractivity contribution in [2.45, 2.75) is 41.5 Å². The van der Waals surface area contributed by atoms with Gasteiger partial charge in [0.1, 0.15) is 22.3 Å². The highest BCUT2D eigenvalue weighted by Gasteiger charge is 2.19. The van der Waals surface area contributed by atoms with Gasteiger partial charge < -0.3 is 28.0 Å². The van der Waals surface area contributed by atoms with Crippen LogP contribution >= 0.6 is 0 Å². The van der Waals surface area contributed by atoms with Gasteiger partial charge in [0.15, 0.2) is 11.5 Å². The van der Waals surface area contributed by atoms with Gasteiger partial charge in [-0.1, -0.05) is 18.2 Å². The molecule has 0 aliphatic heterocycles. The van der Waals surface area contributed by atoms with Crippen molar-refractivity contribution < 1.29 is 22.8 Å². The van der Waals surface area contributed by atoms with E-state index < -0.39 is 17.0 Å². The molecule has 54 heavy (non-hydrogen) atoms. The number of benzene rings is 3. The van der Waals surface area contributed by atoms with Crippen LogP contribution in [-0.2, 0) is 0 Å². The van der Waals surface area contributed by atoms with E-state index >= 15 is 0 Å². The highest BCUT2D eigenvalue weighted by molar-refractivity contribution is 6.08. The van der Waals surface area contributed by atoms with E-state index in [4.69, 9.17) is 13.3 Å². The summed E-state index contributed by atoms with van der Waals surface area (Å²) in [5.74, 6) is -0.717. The molecule has 0 atom stereocenters. The standard InChI is InChI=1S/C26H30N2O3.C18H17NO4/c1-5-27(6-2)21-13-9-19(10-14-21)11-16-24(29)23-17-20-12-15-22(28(7-3)8-4)18-25(20)31-26(23)30;1-3-19(4-2)13-8-7-12-10-14(18(21)23-16(12)11-13)17(20)15-6-5-9-22-15/h9-18H,5-8H2,1-4H3;5-11H,3-4H2,1-2H3. The Balaban J connectivity index is 0.000000217. The SMILES string of the molecule is CCN(CC)c1ccc(C=CC(=O)c2cc3ccc(N(CC)CC)cc3oc2=O)cc1.CCN(CC)c1ccc2cc(C(=O)c3ccco3)c(=O)oc2c1. The first-order valence-electron chi connectivity index (χ1n) is 18.5. The van der Waals surface area contributed by atoms with Crippen LogP contribution < -0.4 is 26.0 Å². The molecule has 0 saturated carbocycles. The first-order valence-corrected chi connectivity index (χ1v) is 18.5. The maximum atomic E-state index is 12.7. The summed E-state index contributed by atoms with van der Waals surface area (Å²) in [6, 6.07) is 25.7. The number of nitrogens with zero attached hydrogens (tertiary/aromatic N) is 3. The number of anilines is 3. The maximum absolute atomic E-state index is 12.7. The lowest BCUT2D eigenvalue weighted by Crippen LogP contribution is -2.21. The quantitative estimate of drug-likeness (QED) is 0.0611. The number of allylic oxidation sites excluding steroid dienone is 1. The van der Waals surface area contributed by atoms with Gasteiger partial charge in [-0.3, -0.25) is 9.59 Å². The zero-order valence-corrected chi connectivity index (χ0v) is 31.8. The Morgan fingerprint density at radius 3 is 1.52 bits per heavy atom. The van der Waals surface area contributed by atoms with Crippen molar-refractivity contribution in [1.82, 2.24) is 0 Å². The first kappa shape index (κ1) is 39.1. The summed E-state index contributed by atoms with van der Waals surface area (Å²) < 4.78 is 15.9. The summed E-state index contributed by atoms with van der Waals surface area (Å²) in [4.78, 5) is 56.1. The van der Waals surface area contributed by atoms with Gasteiger partial charge in [-0.15, -0.1) is 0 Å². The van der Waals surface area contributed by atoms with Crippen molar-refractivity contribution in [3.8, 4) is 0 Å². The molecule has 0 radical (unpaired) electrons. The van der Waals surface area contributed by atoms with Crippen LogP contribution in [0.1, 0.15) is 73.6 Å². The second kappa shape index (κ2) is 18.1. The van der Waals surface area contributed by atoms with Crippen LogP contribution in [0.25, 0.3) is 28.0 Å². The molecule has 3 heterocycles. The molecule has 0 unspecified atom stereocenters. The van der Waals surface area contributed by atoms with Gasteiger partial charge in [-0.2, -0.15) is 0 Å². The normalized spacial score (nSPS) is 11.1. The van der Waals surface area contributed by atoms with E-state index in [1.54, 1.807) is 24.3 Å². The molecule has 0 N–H and O–H groups in total. The molecule has 6 aromatic rings. The molecule has 0 fully saturated rings. The van der Waals surface area contributed by atoms with Gasteiger partial charge in [0, 0.05) is 79.2 Å². The van der Waals surface area contributed by atoms with Gasteiger partial charge in [0.25, 0.3) is 0 Å². The van der Waals surface area contributed by atoms with E-state index in [9.17, 15) is 19.2 Å². The van der Waals surface area contributed by atoms with Crippen molar-refractivity contribution in [2.75, 3.05) is 54.0 Å². The summed E-state index contributed by atoms with van der Waals surface area (Å²) in [5.41, 5.74) is 3.72. The van der Waals surface area contributed by atoms with Crippen molar-refractivity contribution in [2.24, 2.45) is 0 Å². The zero-order valence-electron chi connectivity index (χ0n) is 31.8. The number of furan rings is 1. The van der Waals surface area contributed by atoms with E-state index in [1.165, 1.54) is 18.4 Å². The maximum Gasteiger partial charge on any atom is 0.347 e. The van der Waals surface area contributed by atoms with Crippen molar-refractivity contribution in [1.29, 1.82) is 0 Å². The second-order valence-corrected chi connectivity index (χ2v) is 12.5. The Bertz CT molecular complexity index is 2340. The number of carbonyl (C=O) groups is 2. The third-order valence-electron chi connectivity index (χ3n) is 9.40. The predicted molar refractivity (Wildman–Crippen MR) is 218 cm³/mol. The fraction of sp³-hybridized carbons (Fsp3) is 0.273. The minimum atomic E-state index is -0.657. The van der Waals surface area contributed by atoms with Crippen LogP contribution in [-0.4, -0.2) is 50.8 Å². The topological polar surface area (TPSA) is 117 Å². The van der Waals surface area contributed by atoms with Crippen molar-refractivity contribution >= 4 is 56.6 Å². The molecular formula is C44H47N3O7. The molecule has 280 valence electrons. The Morgan fingerprint density at radius 2 is 1.04 bits per heavy atom. The van der Waals surface area contributed by atoms with Crippen LogP contribution in [0.15, 0.2) is 120 Å². The number of hydrogen-bond acceptors (Lipinski definition) is 10. The van der Waals surface area contributed by atoms with Crippen LogP contribution in [0.2, 0.25) is 0 Å². The zero-order chi connectivity index (χ0) is 38.8. The Labute approximate surface area is 314 Å². The molecule has 6 rings (SSSR count). The fourth-order valence-electron chi connectivity index (χ4n) is 6.29. The number of hydrogen-bond donors (Lipinski definition) is 0. The fourth-order valence-corrected chi connectivity index (χ4v) is 6.29. The Morgan fingerprint density at radius 1 is 0.574 bits per heavy atom. The minimum absolute atomic E-state index is 0.0250. The van der Waals surface area contributed by atoms with Gasteiger partial charge in [-0.25, -0.2) is 9.59 Å². The third kappa shape index (κ3) is 8.89. The second-order valence-electron chi connectivity index (χ2n) is 12.5. The number of ketones is 2. The van der Waals surface area contributed by atoms with E-state index in [1.807, 2.05) is 60.7 Å². The summed E-state index contributed by atoms with van der Waals surface area (Å²) in [6.07, 6.45) is 4.54. The van der Waals surface area contributed by atoms with Crippen molar-refractivity contribution in [3.05, 3.63) is 141 Å². The van der Waals surface area contributed by atoms with Crippen LogP contribution in [0.5, 0.6) is 0 Å². The summed E-state index contributed by atoms with van der Waals surface area (Å²) in [7, 11) is 0. The molecular weight excluding hydrogens is 682 g/mol. The largest absolute Gasteiger partial charge is 0.461 e. The lowest BCUT2D eigenvalue weighted by molar-refractivity contribution is 0.100. The number of rotatable bonds is 14. The van der Waals surface area contributed by atoms with Gasteiger partial charge >= 0.3 is 11.3 Å². The smallest absolute Gasteiger partial charge is 0.347 e. The highest BCUT2D eigenvalue weighted by Crippen LogP contribution is 2.24. The van der Waals surface area contributed by atoms with Gasteiger partial charge in [-0.05, 0) is 114 Å². The average Bonchev–Trinajstić information content (AvgIpc) is 3.74. The Kier molecular flexibility index (Phi) is 13.1. The summed E-state index contributed by atoms with van der Waals surface area (Å²) in [6.45, 7) is 17.9. The van der Waals surface area contributed by atoms with Crippen LogP contribution in [0, 0.1) is 0 Å². The van der Waals surface area contributed by atoms with E-state index in [-0.39, 0.29) is 22.7 Å². The summed E-state index contributed by atoms with van der Waals surface area (Å²) in [5, 5.41) is 1.44. The van der Waals surface area contributed by atoms with E-state index in [0.717, 1.165) is 67.3 Å².